The molecule has 0 atom stereocenters. The summed E-state index contributed by atoms with van der Waals surface area (Å²) in [5.41, 5.74) is 0.604. The number of ether oxygens (including phenoxy) is 1. The van der Waals surface area contributed by atoms with Gasteiger partial charge in [-0.25, -0.2) is 9.97 Å². The lowest BCUT2D eigenvalue weighted by molar-refractivity contribution is -0.138. The fourth-order valence-electron chi connectivity index (χ4n) is 3.23. The molecule has 0 aliphatic heterocycles. The van der Waals surface area contributed by atoms with Crippen molar-refractivity contribution in [3.63, 3.8) is 0 Å². The molecule has 0 fully saturated rings. The van der Waals surface area contributed by atoms with Gasteiger partial charge in [0.15, 0.2) is 6.29 Å². The third-order valence-electron chi connectivity index (χ3n) is 4.62. The second kappa shape index (κ2) is 8.72. The summed E-state index contributed by atoms with van der Waals surface area (Å²) in [7, 11) is 1.17. The molecule has 5 nitrogen and oxygen atoms in total. The smallest absolute Gasteiger partial charge is 0.420 e. The molecule has 31 heavy (non-hydrogen) atoms. The molecule has 0 spiro atoms. The highest BCUT2D eigenvalue weighted by Gasteiger charge is 2.35. The number of imidazole rings is 1. The summed E-state index contributed by atoms with van der Waals surface area (Å²) >= 11 is 12.4. The molecule has 0 aliphatic rings. The van der Waals surface area contributed by atoms with E-state index in [0.29, 0.717) is 23.4 Å². The van der Waals surface area contributed by atoms with Crippen LogP contribution in [0.15, 0.2) is 36.5 Å². The van der Waals surface area contributed by atoms with E-state index in [1.165, 1.54) is 36.1 Å². The summed E-state index contributed by atoms with van der Waals surface area (Å²) in [4.78, 5) is 20.0. The first-order chi connectivity index (χ1) is 14.6. The van der Waals surface area contributed by atoms with Crippen LogP contribution >= 0.6 is 23.2 Å². The minimum Gasteiger partial charge on any atom is -0.496 e. The average molecular weight is 470 g/mol. The van der Waals surface area contributed by atoms with E-state index in [1.807, 2.05) is 0 Å². The Morgan fingerprint density at radius 3 is 2.48 bits per heavy atom. The van der Waals surface area contributed by atoms with Crippen LogP contribution in [0, 0.1) is 13.8 Å². The highest BCUT2D eigenvalue weighted by atomic mass is 35.5. The van der Waals surface area contributed by atoms with Crippen molar-refractivity contribution in [1.82, 2.24) is 14.5 Å². The van der Waals surface area contributed by atoms with E-state index in [-0.39, 0.29) is 32.9 Å². The van der Waals surface area contributed by atoms with Gasteiger partial charge in [-0.15, -0.1) is 0 Å². The van der Waals surface area contributed by atoms with Gasteiger partial charge >= 0.3 is 6.18 Å². The van der Waals surface area contributed by atoms with Crippen molar-refractivity contribution in [2.24, 2.45) is 0 Å². The first-order valence-electron chi connectivity index (χ1n) is 8.87. The lowest BCUT2D eigenvalue weighted by Crippen LogP contribution is -2.09. The fraction of sp³-hybridized carbons (Fsp3) is 0.190. The minimum absolute atomic E-state index is 0.0428. The van der Waals surface area contributed by atoms with Crippen molar-refractivity contribution in [2.45, 2.75) is 20.0 Å². The first kappa shape index (κ1) is 22.8. The predicted molar refractivity (Wildman–Crippen MR) is 113 cm³/mol. The number of aldehydes is 1. The molecular weight excluding hydrogens is 454 g/mol. The van der Waals surface area contributed by atoms with Crippen LogP contribution in [0.4, 0.5) is 13.2 Å². The number of aromatic nitrogens is 3. The summed E-state index contributed by atoms with van der Waals surface area (Å²) in [5, 5.41) is 0.221. The zero-order valence-corrected chi connectivity index (χ0v) is 18.1. The molecule has 1 aromatic carbocycles. The van der Waals surface area contributed by atoms with E-state index < -0.39 is 11.7 Å². The van der Waals surface area contributed by atoms with Crippen molar-refractivity contribution in [3.05, 3.63) is 70.0 Å². The first-order valence-corrected chi connectivity index (χ1v) is 9.62. The topological polar surface area (TPSA) is 57.0 Å². The zero-order chi connectivity index (χ0) is 22.9. The fourth-order valence-corrected chi connectivity index (χ4v) is 3.74. The van der Waals surface area contributed by atoms with Gasteiger partial charge < -0.3 is 9.30 Å². The monoisotopic (exact) mass is 469 g/mol. The number of benzene rings is 1. The van der Waals surface area contributed by atoms with Gasteiger partial charge in [0.05, 0.1) is 17.7 Å². The van der Waals surface area contributed by atoms with Crippen LogP contribution in [-0.4, -0.2) is 27.9 Å². The number of alkyl halides is 3. The molecular formula is C21H16Cl2F3N3O2. The highest BCUT2D eigenvalue weighted by molar-refractivity contribution is 6.55. The summed E-state index contributed by atoms with van der Waals surface area (Å²) in [6, 6.07) is 6.75. The molecule has 0 amide bonds. The van der Waals surface area contributed by atoms with Crippen LogP contribution in [0.25, 0.3) is 16.3 Å². The van der Waals surface area contributed by atoms with Crippen LogP contribution in [0.3, 0.4) is 0 Å². The van der Waals surface area contributed by atoms with Gasteiger partial charge in [0.1, 0.15) is 22.4 Å². The number of rotatable bonds is 5. The van der Waals surface area contributed by atoms with Crippen LogP contribution in [0.2, 0.25) is 5.15 Å². The van der Waals surface area contributed by atoms with Gasteiger partial charge in [0, 0.05) is 23.2 Å². The Morgan fingerprint density at radius 1 is 1.19 bits per heavy atom. The number of halogens is 5. The van der Waals surface area contributed by atoms with E-state index in [0.717, 1.165) is 6.07 Å². The molecule has 0 radical (unpaired) electrons. The third kappa shape index (κ3) is 4.45. The molecule has 162 valence electrons. The van der Waals surface area contributed by atoms with E-state index in [9.17, 15) is 18.0 Å². The van der Waals surface area contributed by atoms with Crippen molar-refractivity contribution in [3.8, 4) is 11.4 Å². The molecule has 3 rings (SSSR count). The second-order valence-electron chi connectivity index (χ2n) is 6.52. The van der Waals surface area contributed by atoms with Crippen LogP contribution < -0.4 is 4.74 Å². The predicted octanol–water partition coefficient (Wildman–Crippen LogP) is 5.87. The molecule has 0 saturated heterocycles. The maximum atomic E-state index is 13.4. The number of hydrogen-bond acceptors (Lipinski definition) is 4. The van der Waals surface area contributed by atoms with Gasteiger partial charge in [0.25, 0.3) is 0 Å². The van der Waals surface area contributed by atoms with Gasteiger partial charge in [-0.3, -0.25) is 4.79 Å². The van der Waals surface area contributed by atoms with Gasteiger partial charge in [-0.1, -0.05) is 23.2 Å². The van der Waals surface area contributed by atoms with Crippen LogP contribution in [0.1, 0.15) is 28.3 Å². The molecule has 10 heteroatoms. The molecule has 0 bridgehead atoms. The summed E-state index contributed by atoms with van der Waals surface area (Å²) < 4.78 is 46.7. The van der Waals surface area contributed by atoms with E-state index >= 15 is 0 Å². The Balaban J connectivity index is 2.19. The maximum absolute atomic E-state index is 13.4. The summed E-state index contributed by atoms with van der Waals surface area (Å²) in [5.74, 6) is 0.101. The van der Waals surface area contributed by atoms with Crippen molar-refractivity contribution < 1.29 is 22.7 Å². The van der Waals surface area contributed by atoms with Crippen LogP contribution in [-0.2, 0) is 11.0 Å². The quantitative estimate of drug-likeness (QED) is 0.266. The standard InChI is InChI=1S/C21H16Cl2F3N3O2/c1-11-20(19(23)15(10-30)13-6-7-27-18(22)8-13)28-12(2)29(11)14-4-5-17(31-3)16(9-14)21(24,25)26/h4-10H,1-3H3. The van der Waals surface area contributed by atoms with Gasteiger partial charge in [-0.05, 0) is 49.7 Å². The Hall–Kier alpha value is -2.84. The number of methoxy groups -OCH3 is 1. The largest absolute Gasteiger partial charge is 0.496 e. The van der Waals surface area contributed by atoms with E-state index in [2.05, 4.69) is 9.97 Å². The second-order valence-corrected chi connectivity index (χ2v) is 7.29. The number of pyridine rings is 1. The Bertz CT molecular complexity index is 1190. The summed E-state index contributed by atoms with van der Waals surface area (Å²) in [6.07, 6.45) is -2.61. The number of hydrogen-bond donors (Lipinski definition) is 0. The summed E-state index contributed by atoms with van der Waals surface area (Å²) in [6.45, 7) is 3.28. The van der Waals surface area contributed by atoms with Crippen molar-refractivity contribution in [2.75, 3.05) is 7.11 Å². The number of carbonyl (C=O) groups excluding carboxylic acids is 1. The van der Waals surface area contributed by atoms with Gasteiger partial charge in [0.2, 0.25) is 0 Å². The van der Waals surface area contributed by atoms with Crippen LogP contribution in [0.5, 0.6) is 5.75 Å². The molecule has 2 heterocycles. The minimum atomic E-state index is -4.60. The normalized spacial score (nSPS) is 12.5. The van der Waals surface area contributed by atoms with E-state index in [1.54, 1.807) is 19.9 Å². The number of nitrogens with zero attached hydrogens (tertiary/aromatic N) is 3. The lowest BCUT2D eigenvalue weighted by Gasteiger charge is -2.15. The SMILES string of the molecule is COc1ccc(-n2c(C)nc(C(Cl)=C(C=O)c3ccnc(Cl)c3)c2C)cc1C(F)(F)F. The molecule has 2 aromatic heterocycles. The van der Waals surface area contributed by atoms with Crippen molar-refractivity contribution >= 4 is 40.1 Å². The number of carbonyl (C=O) groups is 1. The maximum Gasteiger partial charge on any atom is 0.420 e. The molecule has 0 saturated carbocycles. The van der Waals surface area contributed by atoms with E-state index in [4.69, 9.17) is 27.9 Å². The molecule has 0 N–H and O–H groups in total. The molecule has 0 unspecified atom stereocenters. The Labute approximate surface area is 186 Å². The lowest BCUT2D eigenvalue weighted by atomic mass is 10.1. The number of aryl methyl sites for hydroxylation is 1. The molecule has 0 aliphatic carbocycles. The van der Waals surface area contributed by atoms with Crippen molar-refractivity contribution in [1.29, 1.82) is 0 Å². The Kier molecular flexibility index (Phi) is 6.43. The third-order valence-corrected chi connectivity index (χ3v) is 5.21. The average Bonchev–Trinajstić information content (AvgIpc) is 3.01. The Morgan fingerprint density at radius 2 is 1.90 bits per heavy atom. The highest BCUT2D eigenvalue weighted by Crippen LogP contribution is 2.38. The zero-order valence-electron chi connectivity index (χ0n) is 16.6. The molecule has 3 aromatic rings. The number of allylic oxidation sites excluding steroid dienone is 1. The van der Waals surface area contributed by atoms with Gasteiger partial charge in [-0.2, -0.15) is 13.2 Å².